The summed E-state index contributed by atoms with van der Waals surface area (Å²) in [4.78, 5) is 23.2. The average Bonchev–Trinajstić information content (AvgIpc) is 2.55. The number of halogens is 1. The molecule has 8 heteroatoms. The van der Waals surface area contributed by atoms with E-state index in [1.807, 2.05) is 0 Å². The van der Waals surface area contributed by atoms with Gasteiger partial charge in [0.15, 0.2) is 5.11 Å². The highest BCUT2D eigenvalue weighted by Crippen LogP contribution is 2.25. The second kappa shape index (κ2) is 7.89. The number of ether oxygens (including phenoxy) is 1. The van der Waals surface area contributed by atoms with E-state index in [4.69, 9.17) is 22.1 Å². The molecular weight excluding hydrogens is 396 g/mol. The van der Waals surface area contributed by atoms with Crippen LogP contribution in [0.2, 0.25) is 0 Å². The van der Waals surface area contributed by atoms with Crippen LogP contribution in [-0.4, -0.2) is 29.2 Å². The fourth-order valence-corrected chi connectivity index (χ4v) is 2.34. The van der Waals surface area contributed by atoms with E-state index >= 15 is 0 Å². The Bertz CT molecular complexity index is 793. The molecule has 0 bridgehead atoms. The molecule has 0 aliphatic rings. The highest BCUT2D eigenvalue weighted by molar-refractivity contribution is 9.10. The van der Waals surface area contributed by atoms with Crippen LogP contribution in [0.1, 0.15) is 20.7 Å². The topological polar surface area (TPSA) is 87.7 Å². The van der Waals surface area contributed by atoms with E-state index in [-0.39, 0.29) is 16.6 Å². The van der Waals surface area contributed by atoms with Crippen molar-refractivity contribution < 1.29 is 19.4 Å². The molecule has 0 heterocycles. The van der Waals surface area contributed by atoms with Crippen LogP contribution in [0.4, 0.5) is 5.69 Å². The first-order valence-electron chi connectivity index (χ1n) is 6.70. The molecule has 0 radical (unpaired) electrons. The summed E-state index contributed by atoms with van der Waals surface area (Å²) >= 11 is 8.39. The van der Waals surface area contributed by atoms with Crippen LogP contribution in [0, 0.1) is 0 Å². The van der Waals surface area contributed by atoms with Gasteiger partial charge in [0.25, 0.3) is 5.91 Å². The average molecular weight is 409 g/mol. The van der Waals surface area contributed by atoms with E-state index in [1.54, 1.807) is 24.3 Å². The lowest BCUT2D eigenvalue weighted by atomic mass is 10.2. The smallest absolute Gasteiger partial charge is 0.335 e. The standard InChI is InChI=1S/C16H13BrN2O4S/c1-23-13-7-4-10(15(21)22)8-12(13)18-16(24)19-14(20)9-2-5-11(17)6-3-9/h2-8H,1H3,(H,21,22)(H2,18,19,20,24). The molecule has 0 spiro atoms. The van der Waals surface area contributed by atoms with Crippen molar-refractivity contribution in [2.45, 2.75) is 0 Å². The predicted molar refractivity (Wildman–Crippen MR) is 97.8 cm³/mol. The van der Waals surface area contributed by atoms with Gasteiger partial charge in [0.2, 0.25) is 0 Å². The number of carbonyl (C=O) groups excluding carboxylic acids is 1. The number of anilines is 1. The van der Waals surface area contributed by atoms with Gasteiger partial charge in [0, 0.05) is 10.0 Å². The van der Waals surface area contributed by atoms with Crippen LogP contribution in [0.15, 0.2) is 46.9 Å². The Morgan fingerprint density at radius 3 is 2.33 bits per heavy atom. The maximum absolute atomic E-state index is 12.1. The van der Waals surface area contributed by atoms with Crippen molar-refractivity contribution >= 4 is 50.8 Å². The van der Waals surface area contributed by atoms with E-state index in [2.05, 4.69) is 26.6 Å². The number of benzene rings is 2. The van der Waals surface area contributed by atoms with Gasteiger partial charge < -0.3 is 15.2 Å². The monoisotopic (exact) mass is 408 g/mol. The molecule has 2 rings (SSSR count). The second-order valence-electron chi connectivity index (χ2n) is 4.64. The molecule has 0 saturated carbocycles. The van der Waals surface area contributed by atoms with Crippen LogP contribution in [-0.2, 0) is 0 Å². The van der Waals surface area contributed by atoms with E-state index in [0.29, 0.717) is 17.0 Å². The van der Waals surface area contributed by atoms with Gasteiger partial charge in [-0.25, -0.2) is 4.79 Å². The first-order chi connectivity index (χ1) is 11.4. The van der Waals surface area contributed by atoms with Crippen molar-refractivity contribution in [3.63, 3.8) is 0 Å². The number of carboxylic acid groups (broad SMARTS) is 1. The molecule has 6 nitrogen and oxygen atoms in total. The Kier molecular flexibility index (Phi) is 5.88. The summed E-state index contributed by atoms with van der Waals surface area (Å²) < 4.78 is 6.01. The largest absolute Gasteiger partial charge is 0.495 e. The Labute approximate surface area is 152 Å². The number of carboxylic acids is 1. The first-order valence-corrected chi connectivity index (χ1v) is 7.90. The highest BCUT2D eigenvalue weighted by atomic mass is 79.9. The fourth-order valence-electron chi connectivity index (χ4n) is 1.87. The molecule has 0 aliphatic heterocycles. The zero-order valence-electron chi connectivity index (χ0n) is 12.5. The van der Waals surface area contributed by atoms with Crippen LogP contribution in [0.3, 0.4) is 0 Å². The maximum atomic E-state index is 12.1. The highest BCUT2D eigenvalue weighted by Gasteiger charge is 2.12. The van der Waals surface area contributed by atoms with Gasteiger partial charge in [0.05, 0.1) is 18.4 Å². The molecule has 24 heavy (non-hydrogen) atoms. The van der Waals surface area contributed by atoms with Gasteiger partial charge in [-0.1, -0.05) is 15.9 Å². The first kappa shape index (κ1) is 17.9. The van der Waals surface area contributed by atoms with Gasteiger partial charge in [0.1, 0.15) is 5.75 Å². The predicted octanol–water partition coefficient (Wildman–Crippen LogP) is 3.28. The number of nitrogens with one attached hydrogen (secondary N) is 2. The molecule has 0 aromatic heterocycles. The molecular formula is C16H13BrN2O4S. The van der Waals surface area contributed by atoms with Crippen molar-refractivity contribution in [2.75, 3.05) is 12.4 Å². The molecule has 0 fully saturated rings. The SMILES string of the molecule is COc1ccc(C(=O)O)cc1NC(=S)NC(=O)c1ccc(Br)cc1. The summed E-state index contributed by atoms with van der Waals surface area (Å²) in [5.41, 5.74) is 0.854. The number of rotatable bonds is 4. The van der Waals surface area contributed by atoms with Gasteiger partial charge >= 0.3 is 5.97 Å². The Morgan fingerprint density at radius 1 is 1.12 bits per heavy atom. The van der Waals surface area contributed by atoms with Crippen molar-refractivity contribution in [2.24, 2.45) is 0 Å². The minimum atomic E-state index is -1.08. The quantitative estimate of drug-likeness (QED) is 0.672. The minimum absolute atomic E-state index is 0.0313. The van der Waals surface area contributed by atoms with E-state index < -0.39 is 5.97 Å². The summed E-state index contributed by atoms with van der Waals surface area (Å²) in [7, 11) is 1.45. The molecule has 0 aliphatic carbocycles. The summed E-state index contributed by atoms with van der Waals surface area (Å²) in [5.74, 6) is -1.06. The second-order valence-corrected chi connectivity index (χ2v) is 5.96. The Balaban J connectivity index is 2.11. The van der Waals surface area contributed by atoms with Crippen molar-refractivity contribution in [1.29, 1.82) is 0 Å². The normalized spacial score (nSPS) is 9.92. The summed E-state index contributed by atoms with van der Waals surface area (Å²) in [5, 5.41) is 14.4. The van der Waals surface area contributed by atoms with Gasteiger partial charge in [-0.15, -0.1) is 0 Å². The number of thiocarbonyl (C=S) groups is 1. The van der Waals surface area contributed by atoms with Crippen molar-refractivity contribution in [1.82, 2.24) is 5.32 Å². The number of aromatic carboxylic acids is 1. The van der Waals surface area contributed by atoms with E-state index in [9.17, 15) is 9.59 Å². The van der Waals surface area contributed by atoms with Crippen LogP contribution >= 0.6 is 28.1 Å². The summed E-state index contributed by atoms with van der Waals surface area (Å²) in [6.45, 7) is 0. The van der Waals surface area contributed by atoms with Crippen LogP contribution in [0.5, 0.6) is 5.75 Å². The maximum Gasteiger partial charge on any atom is 0.335 e. The van der Waals surface area contributed by atoms with Gasteiger partial charge in [-0.05, 0) is 54.7 Å². The number of hydrogen-bond donors (Lipinski definition) is 3. The fraction of sp³-hybridized carbons (Fsp3) is 0.0625. The molecule has 0 unspecified atom stereocenters. The van der Waals surface area contributed by atoms with Crippen LogP contribution in [0.25, 0.3) is 0 Å². The third-order valence-electron chi connectivity index (χ3n) is 3.03. The third kappa shape index (κ3) is 4.53. The lowest BCUT2D eigenvalue weighted by Crippen LogP contribution is -2.34. The van der Waals surface area contributed by atoms with Gasteiger partial charge in [-0.3, -0.25) is 10.1 Å². The number of carbonyl (C=O) groups is 2. The molecule has 2 aromatic rings. The van der Waals surface area contributed by atoms with Crippen molar-refractivity contribution in [3.8, 4) is 5.75 Å². The van der Waals surface area contributed by atoms with Gasteiger partial charge in [-0.2, -0.15) is 0 Å². The minimum Gasteiger partial charge on any atom is -0.495 e. The lowest BCUT2D eigenvalue weighted by Gasteiger charge is -2.13. The lowest BCUT2D eigenvalue weighted by molar-refractivity contribution is 0.0696. The number of hydrogen-bond acceptors (Lipinski definition) is 4. The molecule has 2 aromatic carbocycles. The summed E-state index contributed by atoms with van der Waals surface area (Å²) in [6, 6.07) is 11.1. The zero-order valence-corrected chi connectivity index (χ0v) is 14.9. The molecule has 1 amide bonds. The Hall–Kier alpha value is -2.45. The number of amides is 1. The zero-order chi connectivity index (χ0) is 17.7. The Morgan fingerprint density at radius 2 is 1.75 bits per heavy atom. The molecule has 124 valence electrons. The van der Waals surface area contributed by atoms with E-state index in [0.717, 1.165) is 4.47 Å². The molecule has 0 saturated heterocycles. The van der Waals surface area contributed by atoms with Crippen LogP contribution < -0.4 is 15.4 Å². The summed E-state index contributed by atoms with van der Waals surface area (Å²) in [6.07, 6.45) is 0. The molecule has 0 atom stereocenters. The van der Waals surface area contributed by atoms with E-state index in [1.165, 1.54) is 25.3 Å². The third-order valence-corrected chi connectivity index (χ3v) is 3.76. The van der Waals surface area contributed by atoms with Crippen molar-refractivity contribution in [3.05, 3.63) is 58.1 Å². The molecule has 3 N–H and O–H groups in total. The number of methoxy groups -OCH3 is 1.